The second-order valence-electron chi connectivity index (χ2n) is 8.38. The van der Waals surface area contributed by atoms with Gasteiger partial charge in [-0.2, -0.15) is 0 Å². The molecule has 0 aliphatic rings. The van der Waals surface area contributed by atoms with Crippen molar-refractivity contribution in [3.05, 3.63) is 100 Å². The molecule has 172 valence electrons. The maximum atomic E-state index is 12.8. The Kier molecular flexibility index (Phi) is 5.65. The number of imidazole rings is 1. The van der Waals surface area contributed by atoms with Crippen LogP contribution in [0.15, 0.2) is 84.2 Å². The standard InChI is InChI=1S/C27H21ClN4O2Si/c1-4-18-6-5-7-19(12-18)23-14-25(33)32(3)27-24(23)13-22(15-30-27)35(34,26-16-29-17-31(26)2)21-10-8-20(28)9-11-21/h1,5-17,34H,2-3H3/t35-/m1/s1. The first kappa shape index (κ1) is 22.8. The van der Waals surface area contributed by atoms with Gasteiger partial charge in [0.1, 0.15) is 5.65 Å². The summed E-state index contributed by atoms with van der Waals surface area (Å²) >= 11 is 6.15. The molecule has 0 radical (unpaired) electrons. The Morgan fingerprint density at radius 2 is 1.80 bits per heavy atom. The average molecular weight is 497 g/mol. The summed E-state index contributed by atoms with van der Waals surface area (Å²) in [6.45, 7) is 0. The third-order valence-corrected chi connectivity index (χ3v) is 10.0. The number of rotatable bonds is 4. The van der Waals surface area contributed by atoms with Gasteiger partial charge in [0.15, 0.2) is 0 Å². The molecule has 3 heterocycles. The Morgan fingerprint density at radius 3 is 2.49 bits per heavy atom. The summed E-state index contributed by atoms with van der Waals surface area (Å²) in [4.78, 5) is 34.1. The Hall–Kier alpha value is -3.96. The fourth-order valence-corrected chi connectivity index (χ4v) is 7.53. The lowest BCUT2D eigenvalue weighted by atomic mass is 10.0. The zero-order valence-electron chi connectivity index (χ0n) is 19.1. The molecule has 2 aromatic carbocycles. The molecule has 1 atom stereocenters. The molecule has 6 nitrogen and oxygen atoms in total. The molecule has 0 amide bonds. The van der Waals surface area contributed by atoms with E-state index in [0.717, 1.165) is 16.1 Å². The van der Waals surface area contributed by atoms with E-state index in [1.165, 1.54) is 4.57 Å². The average Bonchev–Trinajstić information content (AvgIpc) is 3.32. The first-order valence-corrected chi connectivity index (χ1v) is 13.2. The number of aromatic nitrogens is 4. The molecule has 0 saturated heterocycles. The summed E-state index contributed by atoms with van der Waals surface area (Å²) < 4.78 is 3.32. The van der Waals surface area contributed by atoms with Crippen LogP contribution >= 0.6 is 11.6 Å². The fourth-order valence-electron chi connectivity index (χ4n) is 4.40. The molecule has 8 heteroatoms. The molecule has 5 aromatic rings. The van der Waals surface area contributed by atoms with Gasteiger partial charge >= 0.3 is 8.32 Å². The van der Waals surface area contributed by atoms with Gasteiger partial charge in [-0.3, -0.25) is 9.36 Å². The van der Waals surface area contributed by atoms with E-state index in [1.54, 1.807) is 44.0 Å². The Bertz CT molecular complexity index is 1680. The second kappa shape index (κ2) is 8.67. The predicted molar refractivity (Wildman–Crippen MR) is 142 cm³/mol. The van der Waals surface area contributed by atoms with Crippen LogP contribution in [-0.4, -0.2) is 32.2 Å². The fraction of sp³-hybridized carbons (Fsp3) is 0.0741. The molecule has 0 fully saturated rings. The molecular weight excluding hydrogens is 476 g/mol. The van der Waals surface area contributed by atoms with Gasteiger partial charge in [0.05, 0.1) is 11.6 Å². The number of terminal acetylenes is 1. The third kappa shape index (κ3) is 3.78. The molecule has 5 rings (SSSR count). The highest BCUT2D eigenvalue weighted by Gasteiger charge is 2.41. The molecule has 0 bridgehead atoms. The second-order valence-corrected chi connectivity index (χ2v) is 11.9. The lowest BCUT2D eigenvalue weighted by molar-refractivity contribution is 0.579. The van der Waals surface area contributed by atoms with Crippen molar-refractivity contribution < 1.29 is 4.80 Å². The zero-order chi connectivity index (χ0) is 24.7. The van der Waals surface area contributed by atoms with E-state index < -0.39 is 8.32 Å². The minimum Gasteiger partial charge on any atom is -0.420 e. The van der Waals surface area contributed by atoms with Crippen molar-refractivity contribution in [1.82, 2.24) is 19.1 Å². The minimum absolute atomic E-state index is 0.185. The van der Waals surface area contributed by atoms with Crippen LogP contribution in [0.5, 0.6) is 0 Å². The van der Waals surface area contributed by atoms with Crippen molar-refractivity contribution in [3.63, 3.8) is 0 Å². The van der Waals surface area contributed by atoms with Crippen LogP contribution in [0.4, 0.5) is 0 Å². The first-order chi connectivity index (χ1) is 16.8. The van der Waals surface area contributed by atoms with E-state index in [4.69, 9.17) is 18.0 Å². The van der Waals surface area contributed by atoms with E-state index in [-0.39, 0.29) is 5.56 Å². The van der Waals surface area contributed by atoms with E-state index >= 15 is 0 Å². The normalized spacial score (nSPS) is 12.9. The summed E-state index contributed by atoms with van der Waals surface area (Å²) in [6, 6.07) is 18.2. The van der Waals surface area contributed by atoms with Crippen LogP contribution in [0.1, 0.15) is 5.56 Å². The van der Waals surface area contributed by atoms with E-state index in [2.05, 4.69) is 15.9 Å². The molecule has 0 unspecified atom stereocenters. The van der Waals surface area contributed by atoms with E-state index in [1.807, 2.05) is 54.1 Å². The summed E-state index contributed by atoms with van der Waals surface area (Å²) in [5, 5.41) is 3.41. The smallest absolute Gasteiger partial charge is 0.305 e. The number of hydrogen-bond acceptors (Lipinski definition) is 4. The quantitative estimate of drug-likeness (QED) is 0.305. The minimum atomic E-state index is -3.52. The number of aryl methyl sites for hydroxylation is 2. The van der Waals surface area contributed by atoms with Crippen molar-refractivity contribution in [2.24, 2.45) is 14.1 Å². The number of pyridine rings is 2. The van der Waals surface area contributed by atoms with Crippen molar-refractivity contribution in [3.8, 4) is 23.5 Å². The monoisotopic (exact) mass is 496 g/mol. The van der Waals surface area contributed by atoms with Crippen LogP contribution < -0.4 is 21.2 Å². The number of hydrogen-bond donors (Lipinski definition) is 1. The predicted octanol–water partition coefficient (Wildman–Crippen LogP) is 1.93. The molecule has 0 aliphatic carbocycles. The number of nitrogens with zero attached hydrogens (tertiary/aromatic N) is 4. The van der Waals surface area contributed by atoms with Gasteiger partial charge in [0.25, 0.3) is 5.56 Å². The lowest BCUT2D eigenvalue weighted by Gasteiger charge is -2.27. The highest BCUT2D eigenvalue weighted by Crippen LogP contribution is 2.26. The molecule has 0 aliphatic heterocycles. The van der Waals surface area contributed by atoms with Gasteiger partial charge in [-0.05, 0) is 51.8 Å². The Labute approximate surface area is 208 Å². The zero-order valence-corrected chi connectivity index (χ0v) is 20.9. The number of halogens is 1. The van der Waals surface area contributed by atoms with Crippen molar-refractivity contribution in [2.45, 2.75) is 0 Å². The maximum Gasteiger partial charge on any atom is 0.305 e. The van der Waals surface area contributed by atoms with Gasteiger partial charge in [-0.25, -0.2) is 9.97 Å². The molecule has 0 spiro atoms. The van der Waals surface area contributed by atoms with Crippen LogP contribution in [0.2, 0.25) is 5.02 Å². The molecule has 0 saturated carbocycles. The summed E-state index contributed by atoms with van der Waals surface area (Å²) in [6.07, 6.45) is 10.6. The summed E-state index contributed by atoms with van der Waals surface area (Å²) in [5.41, 5.74) is 2.55. The Morgan fingerprint density at radius 1 is 1.03 bits per heavy atom. The van der Waals surface area contributed by atoms with Gasteiger partial charge in [-0.15, -0.1) is 6.42 Å². The van der Waals surface area contributed by atoms with Crippen LogP contribution in [0.3, 0.4) is 0 Å². The van der Waals surface area contributed by atoms with E-state index in [9.17, 15) is 9.59 Å². The van der Waals surface area contributed by atoms with Gasteiger partial charge in [-0.1, -0.05) is 41.8 Å². The van der Waals surface area contributed by atoms with Gasteiger partial charge in [0, 0.05) is 48.5 Å². The molecular formula is C27H21ClN4O2Si. The third-order valence-electron chi connectivity index (χ3n) is 6.28. The van der Waals surface area contributed by atoms with Gasteiger partial charge in [0.2, 0.25) is 0 Å². The highest BCUT2D eigenvalue weighted by atomic mass is 35.5. The van der Waals surface area contributed by atoms with Crippen LogP contribution in [0.25, 0.3) is 22.2 Å². The number of fused-ring (bicyclic) bond motifs is 1. The molecule has 1 N–H and O–H groups in total. The van der Waals surface area contributed by atoms with Crippen molar-refractivity contribution in [2.75, 3.05) is 0 Å². The van der Waals surface area contributed by atoms with Crippen LogP contribution in [0, 0.1) is 12.3 Å². The summed E-state index contributed by atoms with van der Waals surface area (Å²) in [7, 11) is 0.0125. The first-order valence-electron chi connectivity index (χ1n) is 10.9. The highest BCUT2D eigenvalue weighted by molar-refractivity contribution is 7.05. The SMILES string of the molecule is C#Cc1cccc(-c2cc(=O)n(C)c3ncc([Si@](O)(c4ccc(Cl)cc4)c4cncn4C)cc23)c1. The topological polar surface area (TPSA) is 72.9 Å². The van der Waals surface area contributed by atoms with Crippen molar-refractivity contribution in [1.29, 1.82) is 0 Å². The lowest BCUT2D eigenvalue weighted by Crippen LogP contribution is -2.69. The van der Waals surface area contributed by atoms with Crippen molar-refractivity contribution >= 4 is 46.6 Å². The van der Waals surface area contributed by atoms with E-state index in [0.29, 0.717) is 32.3 Å². The number of benzene rings is 2. The van der Waals surface area contributed by atoms with Crippen LogP contribution in [-0.2, 0) is 14.1 Å². The molecule has 3 aromatic heterocycles. The summed E-state index contributed by atoms with van der Waals surface area (Å²) in [5.74, 6) is 2.65. The Balaban J connectivity index is 1.84. The maximum absolute atomic E-state index is 12.8. The van der Waals surface area contributed by atoms with Gasteiger partial charge < -0.3 is 9.36 Å². The molecule has 35 heavy (non-hydrogen) atoms. The largest absolute Gasteiger partial charge is 0.420 e.